The van der Waals surface area contributed by atoms with Crippen molar-refractivity contribution < 1.29 is 9.90 Å². The van der Waals surface area contributed by atoms with E-state index in [4.69, 9.17) is 16.6 Å². The predicted octanol–water partition coefficient (Wildman–Crippen LogP) is 0.950. The first-order valence-corrected chi connectivity index (χ1v) is 4.00. The number of nitrogens with two attached hydrogens (primary N) is 2. The van der Waals surface area contributed by atoms with Gasteiger partial charge in [-0.05, 0) is 5.56 Å². The maximum atomic E-state index is 10.2. The van der Waals surface area contributed by atoms with E-state index in [1.165, 1.54) is 0 Å². The summed E-state index contributed by atoms with van der Waals surface area (Å²) in [4.78, 5) is 13.4. The highest BCUT2D eigenvalue weighted by atomic mass is 35.5. The molecule has 0 saturated carbocycles. The van der Waals surface area contributed by atoms with Crippen LogP contribution in [0.3, 0.4) is 0 Å². The first-order valence-electron chi connectivity index (χ1n) is 4.00. The molecule has 0 spiro atoms. The smallest absolute Gasteiger partial charge is 0.433 e. The van der Waals surface area contributed by atoms with E-state index in [0.29, 0.717) is 12.1 Å². The van der Waals surface area contributed by atoms with E-state index in [0.717, 1.165) is 5.56 Å². The number of nitrogens with zero attached hydrogens (tertiary/aromatic N) is 1. The normalized spacial score (nSPS) is 10.6. The highest BCUT2D eigenvalue weighted by Crippen LogP contribution is 2.03. The van der Waals surface area contributed by atoms with E-state index in [2.05, 4.69) is 4.99 Å². The molecule has 0 heterocycles. The van der Waals surface area contributed by atoms with Crippen LogP contribution >= 0.6 is 12.4 Å². The molecule has 1 amide bonds. The minimum atomic E-state index is -1.30. The molecule has 82 valence electrons. The van der Waals surface area contributed by atoms with Gasteiger partial charge in [-0.25, -0.2) is 4.79 Å². The van der Waals surface area contributed by atoms with Crippen LogP contribution in [0.25, 0.3) is 0 Å². The summed E-state index contributed by atoms with van der Waals surface area (Å²) in [7, 11) is 0. The zero-order valence-corrected chi connectivity index (χ0v) is 8.70. The molecular formula is C9H12ClN3O2. The van der Waals surface area contributed by atoms with E-state index >= 15 is 0 Å². The zero-order valence-electron chi connectivity index (χ0n) is 7.88. The van der Waals surface area contributed by atoms with Crippen LogP contribution in [0.5, 0.6) is 0 Å². The number of carbonyl (C=O) groups is 1. The molecule has 1 aromatic carbocycles. The Hall–Kier alpha value is -1.59. The summed E-state index contributed by atoms with van der Waals surface area (Å²) in [6, 6.07) is 6.92. The number of benzene rings is 1. The van der Waals surface area contributed by atoms with Gasteiger partial charge >= 0.3 is 6.09 Å². The third-order valence-corrected chi connectivity index (χ3v) is 1.70. The molecular weight excluding hydrogens is 218 g/mol. The topological polar surface area (TPSA) is 102 Å². The Morgan fingerprint density at radius 3 is 2.27 bits per heavy atom. The van der Waals surface area contributed by atoms with E-state index in [-0.39, 0.29) is 18.2 Å². The van der Waals surface area contributed by atoms with Gasteiger partial charge in [0, 0.05) is 12.1 Å². The highest BCUT2D eigenvalue weighted by molar-refractivity contribution is 6.02. The predicted molar refractivity (Wildman–Crippen MR) is 60.3 cm³/mol. The van der Waals surface area contributed by atoms with Crippen molar-refractivity contribution in [1.82, 2.24) is 0 Å². The fourth-order valence-corrected chi connectivity index (χ4v) is 0.979. The largest absolute Gasteiger partial charge is 0.463 e. The van der Waals surface area contributed by atoms with Crippen molar-refractivity contribution in [2.45, 2.75) is 6.54 Å². The second-order valence-corrected chi connectivity index (χ2v) is 2.68. The minimum Gasteiger partial charge on any atom is -0.463 e. The van der Waals surface area contributed by atoms with Gasteiger partial charge in [0.1, 0.15) is 5.84 Å². The molecule has 0 aliphatic rings. The summed E-state index contributed by atoms with van der Waals surface area (Å²) in [5.74, 6) is -0.0129. The van der Waals surface area contributed by atoms with Gasteiger partial charge in [-0.15, -0.1) is 12.4 Å². The van der Waals surface area contributed by atoms with Gasteiger partial charge in [0.15, 0.2) is 0 Å². The molecule has 0 aliphatic heterocycles. The van der Waals surface area contributed by atoms with Crippen molar-refractivity contribution >= 4 is 24.3 Å². The molecule has 0 saturated heterocycles. The fraction of sp³-hybridized carbons (Fsp3) is 0.111. The second-order valence-electron chi connectivity index (χ2n) is 2.68. The average Bonchev–Trinajstić information content (AvgIpc) is 2.17. The number of rotatable bonds is 2. The Kier molecular flexibility index (Phi) is 5.36. The SMILES string of the molecule is Cl.NCc1ccc(C(N)=NC(=O)O)cc1. The van der Waals surface area contributed by atoms with Gasteiger partial charge in [0.05, 0.1) is 0 Å². The van der Waals surface area contributed by atoms with Crippen LogP contribution in [-0.4, -0.2) is 17.0 Å². The number of carboxylic acid groups (broad SMARTS) is 1. The quantitative estimate of drug-likeness (QED) is 0.519. The van der Waals surface area contributed by atoms with Crippen LogP contribution in [0.4, 0.5) is 4.79 Å². The number of aliphatic imine (C=N–C) groups is 1. The number of hydrogen-bond acceptors (Lipinski definition) is 2. The molecule has 15 heavy (non-hydrogen) atoms. The van der Waals surface area contributed by atoms with Crippen LogP contribution in [-0.2, 0) is 6.54 Å². The molecule has 1 rings (SSSR count). The molecule has 6 heteroatoms. The van der Waals surface area contributed by atoms with Gasteiger partial charge in [0.2, 0.25) is 0 Å². The molecule has 0 fully saturated rings. The lowest BCUT2D eigenvalue weighted by Crippen LogP contribution is -2.15. The Labute approximate surface area is 93.2 Å². The Bertz CT molecular complexity index is 362. The molecule has 0 unspecified atom stereocenters. The molecule has 0 bridgehead atoms. The van der Waals surface area contributed by atoms with Crippen molar-refractivity contribution in [2.24, 2.45) is 16.5 Å². The monoisotopic (exact) mass is 229 g/mol. The molecule has 1 aromatic rings. The van der Waals surface area contributed by atoms with Crippen LogP contribution in [0, 0.1) is 0 Å². The second kappa shape index (κ2) is 6.00. The summed E-state index contributed by atoms with van der Waals surface area (Å²) in [6.45, 7) is 0.441. The van der Waals surface area contributed by atoms with Gasteiger partial charge in [0.25, 0.3) is 0 Å². The summed E-state index contributed by atoms with van der Waals surface area (Å²) < 4.78 is 0. The van der Waals surface area contributed by atoms with E-state index in [1.807, 2.05) is 0 Å². The summed E-state index contributed by atoms with van der Waals surface area (Å²) in [5, 5.41) is 8.36. The lowest BCUT2D eigenvalue weighted by atomic mass is 10.1. The standard InChI is InChI=1S/C9H11N3O2.ClH/c10-5-6-1-3-7(4-2-6)8(11)12-9(13)14;/h1-4H,5,10H2,(H2,11,12)(H,13,14);1H. The van der Waals surface area contributed by atoms with Crippen molar-refractivity contribution in [3.8, 4) is 0 Å². The van der Waals surface area contributed by atoms with E-state index in [9.17, 15) is 4.79 Å². The van der Waals surface area contributed by atoms with E-state index < -0.39 is 6.09 Å². The maximum Gasteiger partial charge on any atom is 0.433 e. The van der Waals surface area contributed by atoms with Crippen LogP contribution < -0.4 is 11.5 Å². The first-order chi connectivity index (χ1) is 6.63. The van der Waals surface area contributed by atoms with Crippen LogP contribution in [0.1, 0.15) is 11.1 Å². The summed E-state index contributed by atoms with van der Waals surface area (Å²) >= 11 is 0. The lowest BCUT2D eigenvalue weighted by molar-refractivity contribution is 0.205. The fourth-order valence-electron chi connectivity index (χ4n) is 0.979. The summed E-state index contributed by atoms with van der Waals surface area (Å²) in [5.41, 5.74) is 12.4. The average molecular weight is 230 g/mol. The Balaban J connectivity index is 0.00000196. The van der Waals surface area contributed by atoms with Crippen molar-refractivity contribution in [1.29, 1.82) is 0 Å². The third kappa shape index (κ3) is 3.97. The number of hydrogen-bond donors (Lipinski definition) is 3. The number of amidine groups is 1. The van der Waals surface area contributed by atoms with Gasteiger partial charge < -0.3 is 16.6 Å². The molecule has 0 radical (unpaired) electrons. The third-order valence-electron chi connectivity index (χ3n) is 1.70. The molecule has 5 nitrogen and oxygen atoms in total. The zero-order chi connectivity index (χ0) is 10.6. The minimum absolute atomic E-state index is 0. The maximum absolute atomic E-state index is 10.2. The molecule has 0 aliphatic carbocycles. The van der Waals surface area contributed by atoms with Crippen LogP contribution in [0.15, 0.2) is 29.3 Å². The Morgan fingerprint density at radius 2 is 1.87 bits per heavy atom. The first kappa shape index (κ1) is 13.4. The number of halogens is 1. The van der Waals surface area contributed by atoms with Gasteiger partial charge in [-0.3, -0.25) is 0 Å². The summed E-state index contributed by atoms with van der Waals surface area (Å²) in [6.07, 6.45) is -1.30. The number of amides is 1. The van der Waals surface area contributed by atoms with Crippen molar-refractivity contribution in [3.05, 3.63) is 35.4 Å². The molecule has 0 atom stereocenters. The van der Waals surface area contributed by atoms with Gasteiger partial charge in [-0.2, -0.15) is 4.99 Å². The van der Waals surface area contributed by atoms with Crippen LogP contribution in [0.2, 0.25) is 0 Å². The Morgan fingerprint density at radius 1 is 1.33 bits per heavy atom. The van der Waals surface area contributed by atoms with Gasteiger partial charge in [-0.1, -0.05) is 24.3 Å². The lowest BCUT2D eigenvalue weighted by Gasteiger charge is -2.00. The van der Waals surface area contributed by atoms with E-state index in [1.54, 1.807) is 24.3 Å². The highest BCUT2D eigenvalue weighted by Gasteiger charge is 2.00. The molecule has 5 N–H and O–H groups in total. The van der Waals surface area contributed by atoms with Crippen molar-refractivity contribution in [2.75, 3.05) is 0 Å². The molecule has 0 aromatic heterocycles. The van der Waals surface area contributed by atoms with Crippen molar-refractivity contribution in [3.63, 3.8) is 0 Å².